The molecule has 10 heteroatoms. The molecule has 1 aliphatic carbocycles. The topological polar surface area (TPSA) is 133 Å². The molecule has 4 rings (SSSR count). The number of carbonyl (C=O) groups is 2. The van der Waals surface area contributed by atoms with E-state index >= 15 is 0 Å². The van der Waals surface area contributed by atoms with Gasteiger partial charge in [0.1, 0.15) is 11.6 Å². The fourth-order valence-electron chi connectivity index (χ4n) is 4.87. The third kappa shape index (κ3) is 6.40. The molecule has 2 atom stereocenters. The fourth-order valence-corrected chi connectivity index (χ4v) is 4.87. The number of guanidine groups is 1. The Morgan fingerprint density at radius 1 is 1.22 bits per heavy atom. The van der Waals surface area contributed by atoms with Crippen LogP contribution in [0.4, 0.5) is 0 Å². The lowest BCUT2D eigenvalue weighted by molar-refractivity contribution is -0.123. The van der Waals surface area contributed by atoms with Gasteiger partial charge in [0.05, 0.1) is 19.3 Å². The summed E-state index contributed by atoms with van der Waals surface area (Å²) in [5, 5.41) is 14.9. The van der Waals surface area contributed by atoms with Gasteiger partial charge in [-0.1, -0.05) is 51.2 Å². The second kappa shape index (κ2) is 12.5. The molecule has 1 saturated heterocycles. The van der Waals surface area contributed by atoms with Crippen molar-refractivity contribution in [1.29, 1.82) is 5.26 Å². The number of morpholine rings is 1. The highest BCUT2D eigenvalue weighted by Gasteiger charge is 2.31. The molecular formula is C26H34N6O4. The first-order chi connectivity index (χ1) is 17.6. The number of rotatable bonds is 8. The molecule has 1 aromatic carbocycles. The Balaban J connectivity index is 1.54. The van der Waals surface area contributed by atoms with Gasteiger partial charge in [0.15, 0.2) is 11.8 Å². The molecule has 36 heavy (non-hydrogen) atoms. The lowest BCUT2D eigenvalue weighted by atomic mass is 9.84. The highest BCUT2D eigenvalue weighted by Crippen LogP contribution is 2.28. The Labute approximate surface area is 211 Å². The summed E-state index contributed by atoms with van der Waals surface area (Å²) in [5.74, 6) is 0.0263. The van der Waals surface area contributed by atoms with Gasteiger partial charge in [-0.25, -0.2) is 9.98 Å². The van der Waals surface area contributed by atoms with E-state index in [4.69, 9.17) is 14.1 Å². The van der Waals surface area contributed by atoms with Crippen LogP contribution in [0, 0.1) is 17.4 Å². The highest BCUT2D eigenvalue weighted by molar-refractivity contribution is 6.00. The molecule has 2 aliphatic rings. The van der Waals surface area contributed by atoms with Crippen molar-refractivity contribution in [3.63, 3.8) is 0 Å². The van der Waals surface area contributed by atoms with Gasteiger partial charge in [0.25, 0.3) is 5.89 Å². The van der Waals surface area contributed by atoms with Gasteiger partial charge in [0.2, 0.25) is 17.6 Å². The van der Waals surface area contributed by atoms with Gasteiger partial charge in [-0.05, 0) is 30.9 Å². The Morgan fingerprint density at radius 3 is 2.67 bits per heavy atom. The van der Waals surface area contributed by atoms with Crippen molar-refractivity contribution >= 4 is 28.7 Å². The summed E-state index contributed by atoms with van der Waals surface area (Å²) in [6.45, 7) is 4.06. The van der Waals surface area contributed by atoms with Gasteiger partial charge in [-0.2, -0.15) is 5.26 Å². The number of para-hydroxylation sites is 2. The van der Waals surface area contributed by atoms with E-state index in [9.17, 15) is 14.9 Å². The molecular weight excluding hydrogens is 460 g/mol. The molecule has 1 amide bonds. The van der Waals surface area contributed by atoms with Crippen LogP contribution in [0.25, 0.3) is 11.1 Å². The van der Waals surface area contributed by atoms with E-state index in [-0.39, 0.29) is 17.6 Å². The van der Waals surface area contributed by atoms with Crippen molar-refractivity contribution in [2.75, 3.05) is 26.3 Å². The number of ether oxygens (including phenoxy) is 1. The van der Waals surface area contributed by atoms with Crippen LogP contribution in [0.1, 0.15) is 62.6 Å². The Bertz CT molecular complexity index is 1080. The number of hydrogen-bond donors (Lipinski definition) is 2. The minimum absolute atomic E-state index is 0.0177. The third-order valence-electron chi connectivity index (χ3n) is 6.89. The maximum atomic E-state index is 13.5. The number of hydrogen-bond acceptors (Lipinski definition) is 7. The number of nitriles is 1. The summed E-state index contributed by atoms with van der Waals surface area (Å²) in [5.41, 5.74) is 1.12. The first kappa shape index (κ1) is 25.6. The average Bonchev–Trinajstić information content (AvgIpc) is 3.36. The SMILES string of the molecule is CCC(NC(=O)C(CC1CCCCC1)N=C(NC#N)N1CCOCC1)C(=O)c1nc2ccccc2o1. The molecule has 1 aliphatic heterocycles. The molecule has 1 saturated carbocycles. The predicted octanol–water partition coefficient (Wildman–Crippen LogP) is 3.00. The van der Waals surface area contributed by atoms with Gasteiger partial charge in [-0.15, -0.1) is 0 Å². The zero-order valence-electron chi connectivity index (χ0n) is 20.7. The minimum atomic E-state index is -0.787. The fraction of sp³-hybridized carbons (Fsp3) is 0.577. The maximum Gasteiger partial charge on any atom is 0.266 e. The van der Waals surface area contributed by atoms with Gasteiger partial charge in [0, 0.05) is 13.1 Å². The van der Waals surface area contributed by atoms with E-state index in [1.165, 1.54) is 6.42 Å². The predicted molar refractivity (Wildman–Crippen MR) is 134 cm³/mol. The molecule has 2 fully saturated rings. The van der Waals surface area contributed by atoms with E-state index in [1.807, 2.05) is 30.1 Å². The lowest BCUT2D eigenvalue weighted by Gasteiger charge is -2.30. The number of amides is 1. The molecule has 0 radical (unpaired) electrons. The molecule has 1 aromatic heterocycles. The molecule has 0 bridgehead atoms. The average molecular weight is 495 g/mol. The number of nitrogens with zero attached hydrogens (tertiary/aromatic N) is 4. The first-order valence-corrected chi connectivity index (χ1v) is 12.8. The molecule has 2 heterocycles. The summed E-state index contributed by atoms with van der Waals surface area (Å²) < 4.78 is 11.1. The van der Waals surface area contributed by atoms with E-state index in [0.717, 1.165) is 25.7 Å². The molecule has 10 nitrogen and oxygen atoms in total. The molecule has 192 valence electrons. The van der Waals surface area contributed by atoms with Gasteiger partial charge >= 0.3 is 0 Å². The van der Waals surface area contributed by atoms with E-state index in [2.05, 4.69) is 15.6 Å². The zero-order valence-corrected chi connectivity index (χ0v) is 20.7. The van der Waals surface area contributed by atoms with Crippen LogP contribution in [-0.2, 0) is 9.53 Å². The molecule has 0 spiro atoms. The number of fused-ring (bicyclic) bond motifs is 1. The van der Waals surface area contributed by atoms with Crippen molar-refractivity contribution in [2.45, 2.75) is 64.0 Å². The number of aliphatic imine (C=N–C) groups is 1. The second-order valence-electron chi connectivity index (χ2n) is 9.36. The zero-order chi connectivity index (χ0) is 25.3. The first-order valence-electron chi connectivity index (χ1n) is 12.8. The van der Waals surface area contributed by atoms with Crippen LogP contribution < -0.4 is 10.6 Å². The van der Waals surface area contributed by atoms with Crippen molar-refractivity contribution in [3.8, 4) is 6.19 Å². The molecule has 2 N–H and O–H groups in total. The molecule has 2 aromatic rings. The summed E-state index contributed by atoms with van der Waals surface area (Å²) in [7, 11) is 0. The standard InChI is InChI=1S/C26H34N6O4/c1-2-19(23(33)25-30-20-10-6-7-11-22(20)36-25)29-24(34)21(16-18-8-4-3-5-9-18)31-26(28-17-27)32-12-14-35-15-13-32/h6-7,10-11,18-19,21H,2-5,8-9,12-16H2,1H3,(H,28,31)(H,29,34). The van der Waals surface area contributed by atoms with Crippen LogP contribution in [-0.4, -0.2) is 65.9 Å². The van der Waals surface area contributed by atoms with E-state index in [0.29, 0.717) is 62.1 Å². The number of oxazole rings is 1. The van der Waals surface area contributed by atoms with Crippen LogP contribution in [0.15, 0.2) is 33.7 Å². The second-order valence-corrected chi connectivity index (χ2v) is 9.36. The van der Waals surface area contributed by atoms with Gasteiger partial charge in [-0.3, -0.25) is 14.9 Å². The maximum absolute atomic E-state index is 13.5. The van der Waals surface area contributed by atoms with Crippen molar-refractivity contribution in [3.05, 3.63) is 30.2 Å². The quantitative estimate of drug-likeness (QED) is 0.188. The Hall–Kier alpha value is -3.45. The summed E-state index contributed by atoms with van der Waals surface area (Å²) in [6, 6.07) is 5.66. The van der Waals surface area contributed by atoms with Crippen LogP contribution >= 0.6 is 0 Å². The number of carbonyl (C=O) groups excluding carboxylic acids is 2. The van der Waals surface area contributed by atoms with Crippen LogP contribution in [0.5, 0.6) is 0 Å². The largest absolute Gasteiger partial charge is 0.434 e. The lowest BCUT2D eigenvalue weighted by Crippen LogP contribution is -2.49. The Morgan fingerprint density at radius 2 is 1.97 bits per heavy atom. The van der Waals surface area contributed by atoms with Crippen molar-refractivity contribution < 1.29 is 18.7 Å². The number of aromatic nitrogens is 1. The van der Waals surface area contributed by atoms with Crippen molar-refractivity contribution in [1.82, 2.24) is 20.5 Å². The number of nitrogens with one attached hydrogen (secondary N) is 2. The van der Waals surface area contributed by atoms with E-state index in [1.54, 1.807) is 12.1 Å². The highest BCUT2D eigenvalue weighted by atomic mass is 16.5. The molecule has 2 unspecified atom stereocenters. The number of ketones is 1. The third-order valence-corrected chi connectivity index (χ3v) is 6.89. The van der Waals surface area contributed by atoms with Crippen LogP contribution in [0.2, 0.25) is 0 Å². The van der Waals surface area contributed by atoms with Crippen molar-refractivity contribution in [2.24, 2.45) is 10.9 Å². The van der Waals surface area contributed by atoms with E-state index < -0.39 is 12.1 Å². The number of Topliss-reactive ketones (excluding diaryl/α,β-unsaturated/α-hetero) is 1. The normalized spacial score (nSPS) is 18.9. The monoisotopic (exact) mass is 494 g/mol. The van der Waals surface area contributed by atoms with Crippen LogP contribution in [0.3, 0.4) is 0 Å². The summed E-state index contributed by atoms with van der Waals surface area (Å²) in [6.07, 6.45) is 8.50. The van der Waals surface area contributed by atoms with Gasteiger partial charge < -0.3 is 19.4 Å². The smallest absolute Gasteiger partial charge is 0.266 e. The summed E-state index contributed by atoms with van der Waals surface area (Å²) in [4.78, 5) is 37.7. The number of benzene rings is 1. The minimum Gasteiger partial charge on any atom is -0.434 e. The summed E-state index contributed by atoms with van der Waals surface area (Å²) >= 11 is 0. The Kier molecular flexibility index (Phi) is 8.90.